The van der Waals surface area contributed by atoms with Crippen LogP contribution in [0.15, 0.2) is 34.9 Å². The van der Waals surface area contributed by atoms with Crippen molar-refractivity contribution in [2.45, 2.75) is 71.6 Å². The quantitative estimate of drug-likeness (QED) is 0.658. The second-order valence-electron chi connectivity index (χ2n) is 9.21. The van der Waals surface area contributed by atoms with Crippen LogP contribution in [-0.4, -0.2) is 11.6 Å². The van der Waals surface area contributed by atoms with Crippen molar-refractivity contribution in [3.63, 3.8) is 0 Å². The van der Waals surface area contributed by atoms with Crippen LogP contribution in [0.3, 0.4) is 0 Å². The molecule has 25 heavy (non-hydrogen) atoms. The molecule has 2 nitrogen and oxygen atoms in total. The van der Waals surface area contributed by atoms with Gasteiger partial charge in [-0.05, 0) is 61.0 Å². The summed E-state index contributed by atoms with van der Waals surface area (Å²) in [6.07, 6.45) is 15.7. The highest BCUT2D eigenvalue weighted by atomic mass is 16.1. The Morgan fingerprint density at radius 1 is 1.20 bits per heavy atom. The van der Waals surface area contributed by atoms with E-state index in [4.69, 9.17) is 0 Å². The number of carbonyl (C=O) groups is 2. The molecule has 5 rings (SSSR count). The molecule has 0 amide bonds. The lowest BCUT2D eigenvalue weighted by Gasteiger charge is -2.54. The molecule has 0 N–H and O–H groups in total. The number of ketones is 2. The predicted molar refractivity (Wildman–Crippen MR) is 98.0 cm³/mol. The first kappa shape index (κ1) is 15.8. The molecule has 1 unspecified atom stereocenters. The second-order valence-corrected chi connectivity index (χ2v) is 9.21. The minimum atomic E-state index is -0.221. The topological polar surface area (TPSA) is 34.1 Å². The summed E-state index contributed by atoms with van der Waals surface area (Å²) in [6.45, 7) is 4.42. The summed E-state index contributed by atoms with van der Waals surface area (Å²) in [6, 6.07) is 0. The van der Waals surface area contributed by atoms with Crippen LogP contribution >= 0.6 is 0 Å². The van der Waals surface area contributed by atoms with E-state index in [1.807, 2.05) is 6.92 Å². The van der Waals surface area contributed by atoms with Crippen LogP contribution in [0.4, 0.5) is 0 Å². The maximum Gasteiger partial charge on any atom is 0.143 e. The highest BCUT2D eigenvalue weighted by Crippen LogP contribution is 2.77. The van der Waals surface area contributed by atoms with Gasteiger partial charge in [0.15, 0.2) is 0 Å². The number of rotatable bonds is 2. The highest BCUT2D eigenvalue weighted by molar-refractivity contribution is 5.89. The molecule has 4 atom stereocenters. The monoisotopic (exact) mass is 336 g/mol. The molecular formula is C23H28O2. The van der Waals surface area contributed by atoms with Gasteiger partial charge in [0.05, 0.1) is 5.41 Å². The molecular weight excluding hydrogens is 308 g/mol. The summed E-state index contributed by atoms with van der Waals surface area (Å²) in [5.74, 6) is 1.43. The Hall–Kier alpha value is -1.44. The third-order valence-electron chi connectivity index (χ3n) is 8.73. The van der Waals surface area contributed by atoms with Gasteiger partial charge < -0.3 is 0 Å². The van der Waals surface area contributed by atoms with Gasteiger partial charge in [0, 0.05) is 24.7 Å². The van der Waals surface area contributed by atoms with E-state index in [1.165, 1.54) is 11.1 Å². The number of Topliss-reactive ketones (excluding diaryl/α,β-unsaturated/α-hetero) is 2. The first-order valence-electron chi connectivity index (χ1n) is 10.1. The van der Waals surface area contributed by atoms with Crippen molar-refractivity contribution in [2.75, 3.05) is 0 Å². The van der Waals surface area contributed by atoms with Gasteiger partial charge in [-0.25, -0.2) is 0 Å². The Morgan fingerprint density at radius 2 is 2.04 bits per heavy atom. The smallest absolute Gasteiger partial charge is 0.143 e. The SMILES string of the molecule is CCC(=O)[C@@]12C=CC3(CC1)[C@@H]1CCC4=C(CCC(=O)C4)C1=CC[C@@]32C. The molecule has 5 aliphatic carbocycles. The van der Waals surface area contributed by atoms with Crippen molar-refractivity contribution in [2.24, 2.45) is 22.2 Å². The van der Waals surface area contributed by atoms with Crippen molar-refractivity contribution in [1.29, 1.82) is 0 Å². The fourth-order valence-corrected chi connectivity index (χ4v) is 7.36. The Bertz CT molecular complexity index is 782. The Kier molecular flexibility index (Phi) is 3.05. The van der Waals surface area contributed by atoms with Crippen LogP contribution in [0.5, 0.6) is 0 Å². The minimum absolute atomic E-state index is 0.0593. The van der Waals surface area contributed by atoms with Gasteiger partial charge in [-0.15, -0.1) is 0 Å². The van der Waals surface area contributed by atoms with Gasteiger partial charge in [-0.3, -0.25) is 9.59 Å². The predicted octanol–water partition coefficient (Wildman–Crippen LogP) is 5.10. The normalized spacial score (nSPS) is 44.3. The minimum Gasteiger partial charge on any atom is -0.299 e. The lowest BCUT2D eigenvalue weighted by molar-refractivity contribution is -0.132. The first-order valence-corrected chi connectivity index (χ1v) is 10.1. The standard InChI is InChI=1S/C23H28O2/c1-3-20(25)23-12-10-22(11-13-23)19-7-4-15-14-16(24)5-6-17(15)18(19)8-9-21(22,23)2/h8,10,12,19H,3-7,9,11,13-14H2,1-2H3/t19-,21+,22?,23-/m1/s1. The molecule has 1 saturated carbocycles. The van der Waals surface area contributed by atoms with E-state index in [2.05, 4.69) is 25.2 Å². The third kappa shape index (κ3) is 1.63. The molecule has 0 aromatic rings. The third-order valence-corrected chi connectivity index (χ3v) is 8.73. The average Bonchev–Trinajstić information content (AvgIpc) is 3.05. The summed E-state index contributed by atoms with van der Waals surface area (Å²) >= 11 is 0. The van der Waals surface area contributed by atoms with Crippen molar-refractivity contribution in [1.82, 2.24) is 0 Å². The Morgan fingerprint density at radius 3 is 2.76 bits per heavy atom. The van der Waals surface area contributed by atoms with Crippen molar-refractivity contribution >= 4 is 11.6 Å². The fraction of sp³-hybridized carbons (Fsp3) is 0.652. The second kappa shape index (κ2) is 4.84. The molecule has 0 radical (unpaired) electrons. The molecule has 2 bridgehead atoms. The Balaban J connectivity index is 1.62. The fourth-order valence-electron chi connectivity index (χ4n) is 7.36. The molecule has 5 aliphatic rings. The number of fused-ring (bicyclic) bond motifs is 2. The maximum absolute atomic E-state index is 13.0. The lowest BCUT2D eigenvalue weighted by atomic mass is 9.49. The van der Waals surface area contributed by atoms with E-state index in [0.717, 1.165) is 44.9 Å². The van der Waals surface area contributed by atoms with E-state index in [0.29, 0.717) is 30.3 Å². The molecule has 0 spiro atoms. The summed E-state index contributed by atoms with van der Waals surface area (Å²) < 4.78 is 0. The number of hydrogen-bond acceptors (Lipinski definition) is 2. The average molecular weight is 336 g/mol. The zero-order valence-corrected chi connectivity index (χ0v) is 15.5. The van der Waals surface area contributed by atoms with Crippen LogP contribution in [0.2, 0.25) is 0 Å². The van der Waals surface area contributed by atoms with Crippen LogP contribution < -0.4 is 0 Å². The van der Waals surface area contributed by atoms with Crippen LogP contribution in [0.25, 0.3) is 0 Å². The number of allylic oxidation sites excluding steroid dienone is 6. The molecule has 132 valence electrons. The van der Waals surface area contributed by atoms with E-state index in [9.17, 15) is 9.59 Å². The molecule has 0 saturated heterocycles. The number of carbonyl (C=O) groups excluding carboxylic acids is 2. The Labute approximate surface area is 150 Å². The van der Waals surface area contributed by atoms with Crippen molar-refractivity contribution < 1.29 is 9.59 Å². The summed E-state index contributed by atoms with van der Waals surface area (Å²) in [5, 5.41) is 0. The molecule has 2 heteroatoms. The molecule has 0 aromatic carbocycles. The summed E-state index contributed by atoms with van der Waals surface area (Å²) in [4.78, 5) is 24.8. The van der Waals surface area contributed by atoms with Crippen LogP contribution in [-0.2, 0) is 9.59 Å². The molecule has 0 aliphatic heterocycles. The number of hydrogen-bond donors (Lipinski definition) is 0. The van der Waals surface area contributed by atoms with E-state index in [-0.39, 0.29) is 16.2 Å². The van der Waals surface area contributed by atoms with E-state index in [1.54, 1.807) is 5.57 Å². The van der Waals surface area contributed by atoms with Crippen LogP contribution in [0, 0.1) is 22.2 Å². The first-order chi connectivity index (χ1) is 12.0. The van der Waals surface area contributed by atoms with E-state index < -0.39 is 0 Å². The molecule has 0 aromatic heterocycles. The highest BCUT2D eigenvalue weighted by Gasteiger charge is 2.71. The summed E-state index contributed by atoms with van der Waals surface area (Å²) in [7, 11) is 0. The molecule has 1 fully saturated rings. The summed E-state index contributed by atoms with van der Waals surface area (Å²) in [5.41, 5.74) is 4.51. The van der Waals surface area contributed by atoms with Gasteiger partial charge in [-0.2, -0.15) is 0 Å². The lowest BCUT2D eigenvalue weighted by Crippen LogP contribution is -2.49. The van der Waals surface area contributed by atoms with Gasteiger partial charge in [0.1, 0.15) is 11.6 Å². The zero-order valence-electron chi connectivity index (χ0n) is 15.5. The largest absolute Gasteiger partial charge is 0.299 e. The van der Waals surface area contributed by atoms with Gasteiger partial charge in [-0.1, -0.05) is 37.6 Å². The van der Waals surface area contributed by atoms with Crippen molar-refractivity contribution in [3.05, 3.63) is 34.9 Å². The van der Waals surface area contributed by atoms with Crippen LogP contribution in [0.1, 0.15) is 71.6 Å². The molecule has 0 heterocycles. The van der Waals surface area contributed by atoms with Gasteiger partial charge in [0.2, 0.25) is 0 Å². The van der Waals surface area contributed by atoms with Gasteiger partial charge in [0.25, 0.3) is 0 Å². The zero-order chi connectivity index (χ0) is 17.4. The van der Waals surface area contributed by atoms with E-state index >= 15 is 0 Å². The maximum atomic E-state index is 13.0. The van der Waals surface area contributed by atoms with Crippen molar-refractivity contribution in [3.8, 4) is 0 Å². The van der Waals surface area contributed by atoms with Gasteiger partial charge >= 0.3 is 0 Å².